The summed E-state index contributed by atoms with van der Waals surface area (Å²) in [5.74, 6) is -1.07. The van der Waals surface area contributed by atoms with Crippen LogP contribution in [0.25, 0.3) is 11.3 Å². The molecular weight excluding hydrogens is 467 g/mol. The van der Waals surface area contributed by atoms with Gasteiger partial charge in [-0.05, 0) is 50.8 Å². The molecule has 0 N–H and O–H groups in total. The third-order valence-corrected chi connectivity index (χ3v) is 8.69. The number of likely N-dealkylation sites (tertiary alicyclic amines) is 1. The number of rotatable bonds is 8. The standard InChI is InChI=1S/C25H35FN4O4Si/c1-17-12-19(20(26)15-27-17)22-13-21(28-30(22)16-34-10-11-35(3,4)5)23(31)29-9-6-18(24(32)33-2)14-25(29)7-8-25/h12-13,15,18H,6-11,14,16H2,1-5H3. The zero-order chi connectivity index (χ0) is 25.4. The topological polar surface area (TPSA) is 86.6 Å². The summed E-state index contributed by atoms with van der Waals surface area (Å²) in [6, 6.07) is 4.30. The highest BCUT2D eigenvalue weighted by Gasteiger charge is 2.55. The van der Waals surface area contributed by atoms with Crippen LogP contribution >= 0.6 is 0 Å². The summed E-state index contributed by atoms with van der Waals surface area (Å²) >= 11 is 0. The molecule has 2 fully saturated rings. The van der Waals surface area contributed by atoms with E-state index in [9.17, 15) is 14.0 Å². The van der Waals surface area contributed by atoms with Crippen molar-refractivity contribution in [3.05, 3.63) is 35.5 Å². The van der Waals surface area contributed by atoms with Crippen LogP contribution in [0.1, 0.15) is 41.9 Å². The number of hydrogen-bond donors (Lipinski definition) is 0. The SMILES string of the molecule is COC(=O)C1CCN(C(=O)c2cc(-c3cc(C)ncc3F)n(COCC[Si](C)(C)C)n2)C2(CC2)C1. The molecule has 1 spiro atoms. The number of aryl methyl sites for hydroxylation is 1. The van der Waals surface area contributed by atoms with Crippen molar-refractivity contribution < 1.29 is 23.5 Å². The Labute approximate surface area is 206 Å². The van der Waals surface area contributed by atoms with Crippen LogP contribution in [-0.4, -0.2) is 65.4 Å². The molecule has 10 heteroatoms. The number of pyridine rings is 1. The minimum atomic E-state index is -1.27. The van der Waals surface area contributed by atoms with E-state index in [-0.39, 0.29) is 35.8 Å². The van der Waals surface area contributed by atoms with Crippen molar-refractivity contribution in [1.82, 2.24) is 19.7 Å². The molecule has 2 aromatic heterocycles. The third-order valence-electron chi connectivity index (χ3n) is 6.98. The van der Waals surface area contributed by atoms with E-state index in [0.29, 0.717) is 42.9 Å². The molecule has 3 heterocycles. The summed E-state index contributed by atoms with van der Waals surface area (Å²) in [6.07, 6.45) is 4.07. The predicted octanol–water partition coefficient (Wildman–Crippen LogP) is 4.26. The van der Waals surface area contributed by atoms with Gasteiger partial charge in [0.1, 0.15) is 6.73 Å². The Bertz CT molecular complexity index is 1110. The molecule has 0 bridgehead atoms. The number of carbonyl (C=O) groups is 2. The lowest BCUT2D eigenvalue weighted by Gasteiger charge is -2.38. The number of nitrogens with zero attached hydrogens (tertiary/aromatic N) is 4. The molecule has 1 atom stereocenters. The molecule has 1 unspecified atom stereocenters. The normalized spacial score (nSPS) is 19.1. The highest BCUT2D eigenvalue weighted by Crippen LogP contribution is 2.50. The molecule has 2 aliphatic rings. The third kappa shape index (κ3) is 5.64. The average molecular weight is 503 g/mol. The van der Waals surface area contributed by atoms with E-state index >= 15 is 0 Å². The minimum Gasteiger partial charge on any atom is -0.469 e. The lowest BCUT2D eigenvalue weighted by molar-refractivity contribution is -0.147. The highest BCUT2D eigenvalue weighted by molar-refractivity contribution is 6.76. The van der Waals surface area contributed by atoms with Gasteiger partial charge in [-0.3, -0.25) is 14.6 Å². The Kier molecular flexibility index (Phi) is 7.15. The van der Waals surface area contributed by atoms with Crippen molar-refractivity contribution >= 4 is 20.0 Å². The first-order chi connectivity index (χ1) is 16.5. The molecule has 0 aromatic carbocycles. The fourth-order valence-corrected chi connectivity index (χ4v) is 5.50. The number of aromatic nitrogens is 3. The van der Waals surface area contributed by atoms with E-state index < -0.39 is 13.9 Å². The van der Waals surface area contributed by atoms with Crippen LogP contribution in [0.15, 0.2) is 18.3 Å². The van der Waals surface area contributed by atoms with Crippen LogP contribution in [0.2, 0.25) is 25.7 Å². The molecule has 8 nitrogen and oxygen atoms in total. The molecule has 35 heavy (non-hydrogen) atoms. The molecule has 1 saturated heterocycles. The van der Waals surface area contributed by atoms with Crippen molar-refractivity contribution in [3.8, 4) is 11.3 Å². The second-order valence-electron chi connectivity index (χ2n) is 11.0. The fourth-order valence-electron chi connectivity index (χ4n) is 4.74. The van der Waals surface area contributed by atoms with Gasteiger partial charge in [-0.25, -0.2) is 9.07 Å². The number of ether oxygens (including phenoxy) is 2. The van der Waals surface area contributed by atoms with Crippen LogP contribution in [0.3, 0.4) is 0 Å². The lowest BCUT2D eigenvalue weighted by Crippen LogP contribution is -2.49. The monoisotopic (exact) mass is 502 g/mol. The summed E-state index contributed by atoms with van der Waals surface area (Å²) < 4.78 is 27.1. The molecule has 1 aliphatic heterocycles. The second-order valence-corrected chi connectivity index (χ2v) is 16.6. The smallest absolute Gasteiger partial charge is 0.308 e. The number of methoxy groups -OCH3 is 1. The summed E-state index contributed by atoms with van der Waals surface area (Å²) in [5.41, 5.74) is 1.43. The first-order valence-electron chi connectivity index (χ1n) is 12.2. The van der Waals surface area contributed by atoms with Gasteiger partial charge < -0.3 is 14.4 Å². The van der Waals surface area contributed by atoms with E-state index in [2.05, 4.69) is 29.7 Å². The average Bonchev–Trinajstić information content (AvgIpc) is 3.43. The molecule has 2 aromatic rings. The summed E-state index contributed by atoms with van der Waals surface area (Å²) in [6.45, 7) is 9.80. The maximum absolute atomic E-state index is 14.8. The van der Waals surface area contributed by atoms with Gasteiger partial charge in [0, 0.05) is 38.0 Å². The molecule has 190 valence electrons. The zero-order valence-corrected chi connectivity index (χ0v) is 22.3. The summed E-state index contributed by atoms with van der Waals surface area (Å²) in [7, 11) is 0.135. The van der Waals surface area contributed by atoms with E-state index in [0.717, 1.165) is 18.9 Å². The zero-order valence-electron chi connectivity index (χ0n) is 21.3. The Morgan fingerprint density at radius 2 is 2.00 bits per heavy atom. The van der Waals surface area contributed by atoms with E-state index in [1.54, 1.807) is 23.7 Å². The number of amides is 1. The second kappa shape index (κ2) is 9.81. The maximum atomic E-state index is 14.8. The molecule has 4 rings (SSSR count). The van der Waals surface area contributed by atoms with Gasteiger partial charge in [0.05, 0.1) is 24.9 Å². The number of hydrogen-bond acceptors (Lipinski definition) is 6. The quantitative estimate of drug-likeness (QED) is 0.305. The minimum absolute atomic E-state index is 0.128. The predicted molar refractivity (Wildman–Crippen MR) is 132 cm³/mol. The van der Waals surface area contributed by atoms with Crippen molar-refractivity contribution in [3.63, 3.8) is 0 Å². The lowest BCUT2D eigenvalue weighted by atomic mass is 9.88. The van der Waals surface area contributed by atoms with Gasteiger partial charge in [0.25, 0.3) is 5.91 Å². The van der Waals surface area contributed by atoms with Crippen molar-refractivity contribution in [1.29, 1.82) is 0 Å². The van der Waals surface area contributed by atoms with Gasteiger partial charge >= 0.3 is 5.97 Å². The Morgan fingerprint density at radius 3 is 2.66 bits per heavy atom. The number of esters is 1. The Balaban J connectivity index is 1.59. The van der Waals surface area contributed by atoms with E-state index in [1.165, 1.54) is 13.3 Å². The molecule has 0 radical (unpaired) electrons. The first kappa shape index (κ1) is 25.5. The molecule has 1 amide bonds. The maximum Gasteiger partial charge on any atom is 0.308 e. The largest absolute Gasteiger partial charge is 0.469 e. The molecule has 1 saturated carbocycles. The summed E-state index contributed by atoms with van der Waals surface area (Å²) in [5, 5.41) is 4.56. The first-order valence-corrected chi connectivity index (χ1v) is 15.9. The van der Waals surface area contributed by atoms with Gasteiger partial charge in [-0.1, -0.05) is 19.6 Å². The molecule has 1 aliphatic carbocycles. The van der Waals surface area contributed by atoms with E-state index in [1.807, 2.05) is 4.90 Å². The van der Waals surface area contributed by atoms with Crippen LogP contribution in [0.4, 0.5) is 4.39 Å². The van der Waals surface area contributed by atoms with Gasteiger partial charge in [0.15, 0.2) is 11.5 Å². The van der Waals surface area contributed by atoms with Crippen molar-refractivity contribution in [2.75, 3.05) is 20.3 Å². The van der Waals surface area contributed by atoms with Gasteiger partial charge in [-0.15, -0.1) is 0 Å². The highest BCUT2D eigenvalue weighted by atomic mass is 28.3. The Hall–Kier alpha value is -2.59. The Morgan fingerprint density at radius 1 is 1.26 bits per heavy atom. The number of carbonyl (C=O) groups excluding carboxylic acids is 2. The van der Waals surface area contributed by atoms with Crippen LogP contribution in [-0.2, 0) is 21.0 Å². The van der Waals surface area contributed by atoms with Gasteiger partial charge in [-0.2, -0.15) is 5.10 Å². The van der Waals surface area contributed by atoms with E-state index in [4.69, 9.17) is 9.47 Å². The van der Waals surface area contributed by atoms with Crippen LogP contribution < -0.4 is 0 Å². The number of halogens is 1. The van der Waals surface area contributed by atoms with Crippen molar-refractivity contribution in [2.24, 2.45) is 5.92 Å². The molecular formula is C25H35FN4O4Si. The summed E-state index contributed by atoms with van der Waals surface area (Å²) in [4.78, 5) is 31.6. The van der Waals surface area contributed by atoms with Crippen LogP contribution in [0.5, 0.6) is 0 Å². The van der Waals surface area contributed by atoms with Crippen molar-refractivity contribution in [2.45, 2.75) is 70.6 Å². The van der Waals surface area contributed by atoms with Gasteiger partial charge in [0.2, 0.25) is 0 Å². The number of piperidine rings is 1. The fraction of sp³-hybridized carbons (Fsp3) is 0.600. The van der Waals surface area contributed by atoms with Crippen LogP contribution in [0, 0.1) is 18.7 Å².